The number of hydrogen-bond donors (Lipinski definition) is 1. The summed E-state index contributed by atoms with van der Waals surface area (Å²) in [6.45, 7) is 2.48. The van der Waals surface area contributed by atoms with Gasteiger partial charge in [-0.1, -0.05) is 48.5 Å². The largest absolute Gasteiger partial charge is 0.343 e. The van der Waals surface area contributed by atoms with E-state index in [4.69, 9.17) is 0 Å². The zero-order chi connectivity index (χ0) is 21.5. The van der Waals surface area contributed by atoms with Gasteiger partial charge in [-0.15, -0.1) is 11.3 Å². The highest BCUT2D eigenvalue weighted by atomic mass is 32.1. The molecule has 0 atom stereocenters. The van der Waals surface area contributed by atoms with E-state index in [0.29, 0.717) is 30.3 Å². The van der Waals surface area contributed by atoms with E-state index in [1.54, 1.807) is 10.3 Å². The molecule has 0 unspecified atom stereocenters. The second kappa shape index (κ2) is 10.2. The molecular formula is C24H26N4O2S. The predicted octanol–water partition coefficient (Wildman–Crippen LogP) is 4.54. The molecule has 1 N–H and O–H groups in total. The van der Waals surface area contributed by atoms with E-state index in [0.717, 1.165) is 37.2 Å². The van der Waals surface area contributed by atoms with E-state index in [1.807, 2.05) is 65.6 Å². The predicted molar refractivity (Wildman–Crippen MR) is 123 cm³/mol. The lowest BCUT2D eigenvalue weighted by atomic mass is 10.2. The highest BCUT2D eigenvalue weighted by Gasteiger charge is 2.23. The highest BCUT2D eigenvalue weighted by molar-refractivity contribution is 7.14. The lowest BCUT2D eigenvalue weighted by Crippen LogP contribution is -2.36. The molecule has 4 rings (SSSR count). The molecule has 2 amide bonds. The van der Waals surface area contributed by atoms with Crippen molar-refractivity contribution < 1.29 is 9.59 Å². The summed E-state index contributed by atoms with van der Waals surface area (Å²) in [6, 6.07) is 19.6. The third kappa shape index (κ3) is 5.70. The number of carbonyl (C=O) groups excluding carboxylic acids is 2. The highest BCUT2D eigenvalue weighted by Crippen LogP contribution is 2.22. The summed E-state index contributed by atoms with van der Waals surface area (Å²) < 4.78 is 0. The van der Waals surface area contributed by atoms with E-state index >= 15 is 0 Å². The molecule has 1 saturated heterocycles. The molecule has 31 heavy (non-hydrogen) atoms. The van der Waals surface area contributed by atoms with Gasteiger partial charge in [0.15, 0.2) is 5.13 Å². The normalized spacial score (nSPS) is 13.2. The molecule has 1 aromatic heterocycles. The van der Waals surface area contributed by atoms with Gasteiger partial charge in [-0.25, -0.2) is 4.98 Å². The average molecular weight is 435 g/mol. The van der Waals surface area contributed by atoms with Gasteiger partial charge < -0.3 is 15.1 Å². The zero-order valence-electron chi connectivity index (χ0n) is 17.4. The quantitative estimate of drug-likeness (QED) is 0.565. The number of amides is 2. The van der Waals surface area contributed by atoms with Crippen molar-refractivity contribution in [2.24, 2.45) is 0 Å². The van der Waals surface area contributed by atoms with E-state index in [-0.39, 0.29) is 11.8 Å². The van der Waals surface area contributed by atoms with Crippen molar-refractivity contribution >= 4 is 34.0 Å². The van der Waals surface area contributed by atoms with Crippen molar-refractivity contribution in [3.63, 3.8) is 0 Å². The van der Waals surface area contributed by atoms with E-state index in [1.165, 1.54) is 11.3 Å². The summed E-state index contributed by atoms with van der Waals surface area (Å²) in [6.07, 6.45) is 2.46. The average Bonchev–Trinajstić information content (AvgIpc) is 3.50. The molecule has 160 valence electrons. The molecule has 0 aliphatic carbocycles. The number of aromatic nitrogens is 1. The van der Waals surface area contributed by atoms with Gasteiger partial charge in [0.2, 0.25) is 5.91 Å². The van der Waals surface area contributed by atoms with E-state index < -0.39 is 0 Å². The number of benzene rings is 2. The second-order valence-electron chi connectivity index (χ2n) is 7.58. The van der Waals surface area contributed by atoms with Crippen LogP contribution >= 0.6 is 11.3 Å². The van der Waals surface area contributed by atoms with Crippen molar-refractivity contribution in [3.8, 4) is 0 Å². The molecule has 1 aliphatic heterocycles. The number of carbonyl (C=O) groups is 2. The Morgan fingerprint density at radius 2 is 1.68 bits per heavy atom. The van der Waals surface area contributed by atoms with E-state index in [9.17, 15) is 9.59 Å². The third-order valence-corrected chi connectivity index (χ3v) is 6.06. The summed E-state index contributed by atoms with van der Waals surface area (Å²) in [7, 11) is 0. The standard InChI is InChI=1S/C24H26N4O2S/c29-22(27-14-7-8-15-27)13-16-28(17-19-9-3-1-4-10-19)23(30)21-18-31-24(26-21)25-20-11-5-2-6-12-20/h1-6,9-12,18H,7-8,13-17H2,(H,25,26). The van der Waals surface area contributed by atoms with Gasteiger partial charge in [0.25, 0.3) is 5.91 Å². The van der Waals surface area contributed by atoms with Crippen LogP contribution < -0.4 is 5.32 Å². The van der Waals surface area contributed by atoms with Gasteiger partial charge in [0.05, 0.1) is 0 Å². The van der Waals surface area contributed by atoms with Crippen LogP contribution in [0.5, 0.6) is 0 Å². The molecule has 6 nitrogen and oxygen atoms in total. The first kappa shape index (κ1) is 21.1. The second-order valence-corrected chi connectivity index (χ2v) is 8.44. The van der Waals surface area contributed by atoms with Gasteiger partial charge in [0.1, 0.15) is 5.69 Å². The van der Waals surface area contributed by atoms with Crippen LogP contribution in [0.4, 0.5) is 10.8 Å². The summed E-state index contributed by atoms with van der Waals surface area (Å²) in [5.74, 6) is -0.0384. The Bertz CT molecular complexity index is 1000. The van der Waals surface area contributed by atoms with Gasteiger partial charge in [-0.05, 0) is 30.5 Å². The van der Waals surface area contributed by atoms with Crippen LogP contribution in [0, 0.1) is 0 Å². The van der Waals surface area contributed by atoms with Crippen molar-refractivity contribution in [1.29, 1.82) is 0 Å². The van der Waals surface area contributed by atoms with Crippen LogP contribution in [-0.2, 0) is 11.3 Å². The number of anilines is 2. The molecule has 2 aromatic carbocycles. The summed E-state index contributed by atoms with van der Waals surface area (Å²) >= 11 is 1.40. The minimum atomic E-state index is -0.157. The minimum Gasteiger partial charge on any atom is -0.343 e. The maximum absolute atomic E-state index is 13.3. The fraction of sp³-hybridized carbons (Fsp3) is 0.292. The van der Waals surface area contributed by atoms with Crippen LogP contribution in [0.1, 0.15) is 35.3 Å². The fourth-order valence-corrected chi connectivity index (χ4v) is 4.35. The molecule has 0 spiro atoms. The number of nitrogens with zero attached hydrogens (tertiary/aromatic N) is 3. The minimum absolute atomic E-state index is 0.119. The van der Waals surface area contributed by atoms with Crippen molar-refractivity contribution in [3.05, 3.63) is 77.3 Å². The third-order valence-electron chi connectivity index (χ3n) is 5.31. The summed E-state index contributed by atoms with van der Waals surface area (Å²) in [5, 5.41) is 5.67. The lowest BCUT2D eigenvalue weighted by Gasteiger charge is -2.23. The number of hydrogen-bond acceptors (Lipinski definition) is 5. The maximum atomic E-state index is 13.3. The Morgan fingerprint density at radius 1 is 1.00 bits per heavy atom. The van der Waals surface area contributed by atoms with Gasteiger partial charge in [0, 0.05) is 43.7 Å². The van der Waals surface area contributed by atoms with Gasteiger partial charge >= 0.3 is 0 Å². The van der Waals surface area contributed by atoms with Crippen LogP contribution in [0.3, 0.4) is 0 Å². The number of likely N-dealkylation sites (tertiary alicyclic amines) is 1. The Kier molecular flexibility index (Phi) is 6.94. The zero-order valence-corrected chi connectivity index (χ0v) is 18.2. The molecule has 0 saturated carbocycles. The Labute approximate surface area is 186 Å². The fourth-order valence-electron chi connectivity index (χ4n) is 3.65. The molecule has 2 heterocycles. The Hall–Kier alpha value is -3.19. The first-order chi connectivity index (χ1) is 15.2. The summed E-state index contributed by atoms with van der Waals surface area (Å²) in [5.41, 5.74) is 2.35. The molecule has 1 aliphatic rings. The van der Waals surface area contributed by atoms with Crippen LogP contribution in [0.25, 0.3) is 0 Å². The van der Waals surface area contributed by atoms with Gasteiger partial charge in [-0.2, -0.15) is 0 Å². The Balaban J connectivity index is 1.45. The number of rotatable bonds is 8. The van der Waals surface area contributed by atoms with Crippen molar-refractivity contribution in [2.75, 3.05) is 25.0 Å². The monoisotopic (exact) mass is 434 g/mol. The smallest absolute Gasteiger partial charge is 0.273 e. The molecular weight excluding hydrogens is 408 g/mol. The topological polar surface area (TPSA) is 65.5 Å². The SMILES string of the molecule is O=C(CCN(Cc1ccccc1)C(=O)c1csc(Nc2ccccc2)n1)N1CCCC1. The molecule has 0 radical (unpaired) electrons. The van der Waals surface area contributed by atoms with Crippen LogP contribution in [0.2, 0.25) is 0 Å². The van der Waals surface area contributed by atoms with Crippen LogP contribution in [-0.4, -0.2) is 46.2 Å². The molecule has 7 heteroatoms. The Morgan fingerprint density at radius 3 is 2.39 bits per heavy atom. The number of thiazole rings is 1. The summed E-state index contributed by atoms with van der Waals surface area (Å²) in [4.78, 5) is 33.9. The van der Waals surface area contributed by atoms with Crippen LogP contribution in [0.15, 0.2) is 66.0 Å². The molecule has 0 bridgehead atoms. The number of nitrogens with one attached hydrogen (secondary N) is 1. The van der Waals surface area contributed by atoms with Crippen molar-refractivity contribution in [1.82, 2.24) is 14.8 Å². The molecule has 1 fully saturated rings. The van der Waals surface area contributed by atoms with Gasteiger partial charge in [-0.3, -0.25) is 9.59 Å². The first-order valence-corrected chi connectivity index (χ1v) is 11.5. The molecule has 3 aromatic rings. The lowest BCUT2D eigenvalue weighted by molar-refractivity contribution is -0.130. The maximum Gasteiger partial charge on any atom is 0.273 e. The number of para-hydroxylation sites is 1. The van der Waals surface area contributed by atoms with E-state index in [2.05, 4.69) is 10.3 Å². The van der Waals surface area contributed by atoms with Crippen molar-refractivity contribution in [2.45, 2.75) is 25.8 Å². The first-order valence-electron chi connectivity index (χ1n) is 10.6.